The number of ketones is 1. The van der Waals surface area contributed by atoms with Gasteiger partial charge in [0.1, 0.15) is 5.75 Å². The fourth-order valence-corrected chi connectivity index (χ4v) is 2.47. The zero-order valence-electron chi connectivity index (χ0n) is 11.0. The zero-order valence-corrected chi connectivity index (χ0v) is 11.8. The monoisotopic (exact) mass is 290 g/mol. The summed E-state index contributed by atoms with van der Waals surface area (Å²) in [4.78, 5) is 22.4. The maximum atomic E-state index is 12.0. The topological polar surface area (TPSA) is 63.6 Å². The van der Waals surface area contributed by atoms with Gasteiger partial charge in [0.15, 0.2) is 5.78 Å². The van der Waals surface area contributed by atoms with E-state index in [4.69, 9.17) is 9.84 Å². The van der Waals surface area contributed by atoms with Crippen molar-refractivity contribution in [2.24, 2.45) is 0 Å². The fraction of sp³-hybridized carbons (Fsp3) is 0.200. The lowest BCUT2D eigenvalue weighted by Gasteiger charge is -2.05. The first-order valence-corrected chi connectivity index (χ1v) is 7.16. The molecular formula is C15H14O4S. The second kappa shape index (κ2) is 6.43. The fourth-order valence-electron chi connectivity index (χ4n) is 1.84. The van der Waals surface area contributed by atoms with Crippen LogP contribution in [0.3, 0.4) is 0 Å². The molecule has 0 heterocycles. The molecule has 0 fully saturated rings. The normalized spacial score (nSPS) is 10.4. The van der Waals surface area contributed by atoms with Gasteiger partial charge in [-0.25, -0.2) is 0 Å². The molecule has 2 aromatic rings. The maximum Gasteiger partial charge on any atom is 0.313 e. The van der Waals surface area contributed by atoms with Gasteiger partial charge in [-0.1, -0.05) is 18.2 Å². The number of hydrogen-bond acceptors (Lipinski definition) is 4. The van der Waals surface area contributed by atoms with Gasteiger partial charge in [0.05, 0.1) is 18.6 Å². The van der Waals surface area contributed by atoms with E-state index in [-0.39, 0.29) is 17.3 Å². The van der Waals surface area contributed by atoms with Gasteiger partial charge < -0.3 is 9.84 Å². The van der Waals surface area contributed by atoms with Crippen LogP contribution in [0.2, 0.25) is 0 Å². The van der Waals surface area contributed by atoms with Gasteiger partial charge in [-0.15, -0.1) is 11.8 Å². The lowest BCUT2D eigenvalue weighted by molar-refractivity contribution is -0.133. The highest BCUT2D eigenvalue weighted by Gasteiger charge is 2.08. The number of carbonyl (C=O) groups is 2. The molecule has 4 nitrogen and oxygen atoms in total. The Labute approximate surface area is 120 Å². The van der Waals surface area contributed by atoms with E-state index in [0.717, 1.165) is 28.3 Å². The SMILES string of the molecule is COc1ccc2cc(C(=O)CSCC(=O)O)ccc2c1. The number of aliphatic carboxylic acids is 1. The summed E-state index contributed by atoms with van der Waals surface area (Å²) in [5.41, 5.74) is 0.598. The molecule has 20 heavy (non-hydrogen) atoms. The number of fused-ring (bicyclic) bond motifs is 1. The average molecular weight is 290 g/mol. The number of Topliss-reactive ketones (excluding diaryl/α,β-unsaturated/α-hetero) is 1. The molecule has 104 valence electrons. The molecule has 5 heteroatoms. The highest BCUT2D eigenvalue weighted by molar-refractivity contribution is 8.00. The highest BCUT2D eigenvalue weighted by atomic mass is 32.2. The van der Waals surface area contributed by atoms with E-state index >= 15 is 0 Å². The minimum absolute atomic E-state index is 0.0590. The Bertz CT molecular complexity index is 651. The van der Waals surface area contributed by atoms with Crippen LogP contribution >= 0.6 is 11.8 Å². The summed E-state index contributed by atoms with van der Waals surface area (Å²) in [6.07, 6.45) is 0. The van der Waals surface area contributed by atoms with Crippen LogP contribution in [0.4, 0.5) is 0 Å². The molecule has 0 aromatic heterocycles. The van der Waals surface area contributed by atoms with Crippen molar-refractivity contribution in [3.63, 3.8) is 0 Å². The van der Waals surface area contributed by atoms with E-state index in [0.29, 0.717) is 5.56 Å². The van der Waals surface area contributed by atoms with E-state index < -0.39 is 5.97 Å². The number of ether oxygens (including phenoxy) is 1. The van der Waals surface area contributed by atoms with Gasteiger partial charge in [0, 0.05) is 5.56 Å². The Kier molecular flexibility index (Phi) is 4.63. The average Bonchev–Trinajstić information content (AvgIpc) is 2.45. The second-order valence-electron chi connectivity index (χ2n) is 4.24. The molecule has 2 rings (SSSR count). The maximum absolute atomic E-state index is 12.0. The lowest BCUT2D eigenvalue weighted by Crippen LogP contribution is -2.06. The molecule has 0 saturated carbocycles. The number of hydrogen-bond donors (Lipinski definition) is 1. The number of carbonyl (C=O) groups excluding carboxylic acids is 1. The second-order valence-corrected chi connectivity index (χ2v) is 5.22. The van der Waals surface area contributed by atoms with Crippen molar-refractivity contribution in [2.75, 3.05) is 18.6 Å². The molecule has 1 N–H and O–H groups in total. The van der Waals surface area contributed by atoms with Crippen LogP contribution in [0.25, 0.3) is 10.8 Å². The minimum Gasteiger partial charge on any atom is -0.497 e. The number of methoxy groups -OCH3 is 1. The first kappa shape index (κ1) is 14.4. The first-order valence-electron chi connectivity index (χ1n) is 6.00. The van der Waals surface area contributed by atoms with Crippen molar-refractivity contribution >= 4 is 34.3 Å². The van der Waals surface area contributed by atoms with Crippen LogP contribution < -0.4 is 4.74 Å². The van der Waals surface area contributed by atoms with Crippen molar-refractivity contribution in [2.45, 2.75) is 0 Å². The van der Waals surface area contributed by atoms with Crippen LogP contribution in [0.1, 0.15) is 10.4 Å². The summed E-state index contributed by atoms with van der Waals surface area (Å²) < 4.78 is 5.15. The highest BCUT2D eigenvalue weighted by Crippen LogP contribution is 2.22. The number of carboxylic acids is 1. The van der Waals surface area contributed by atoms with E-state index in [9.17, 15) is 9.59 Å². The summed E-state index contributed by atoms with van der Waals surface area (Å²) in [6, 6.07) is 11.1. The van der Waals surface area contributed by atoms with Gasteiger partial charge in [0.2, 0.25) is 0 Å². The van der Waals surface area contributed by atoms with E-state index in [1.54, 1.807) is 13.2 Å². The van der Waals surface area contributed by atoms with Gasteiger partial charge in [-0.3, -0.25) is 9.59 Å². The van der Waals surface area contributed by atoms with E-state index in [1.165, 1.54) is 0 Å². The van der Waals surface area contributed by atoms with Crippen LogP contribution in [0, 0.1) is 0 Å². The van der Waals surface area contributed by atoms with Gasteiger partial charge in [-0.05, 0) is 29.0 Å². The molecule has 0 amide bonds. The molecule has 0 saturated heterocycles. The van der Waals surface area contributed by atoms with Gasteiger partial charge in [0.25, 0.3) is 0 Å². The first-order chi connectivity index (χ1) is 9.60. The van der Waals surface area contributed by atoms with Gasteiger partial charge in [-0.2, -0.15) is 0 Å². The Morgan fingerprint density at radius 3 is 2.50 bits per heavy atom. The Morgan fingerprint density at radius 2 is 1.80 bits per heavy atom. The number of thioether (sulfide) groups is 1. The molecule has 0 unspecified atom stereocenters. The number of rotatable bonds is 6. The van der Waals surface area contributed by atoms with Crippen molar-refractivity contribution in [3.8, 4) is 5.75 Å². The predicted octanol–water partition coefficient (Wildman–Crippen LogP) is 2.85. The Hall–Kier alpha value is -2.01. The summed E-state index contributed by atoms with van der Waals surface area (Å²) in [5, 5.41) is 10.5. The summed E-state index contributed by atoms with van der Waals surface area (Å²) >= 11 is 1.11. The smallest absolute Gasteiger partial charge is 0.313 e. The minimum atomic E-state index is -0.909. The van der Waals surface area contributed by atoms with E-state index in [1.807, 2.05) is 30.3 Å². The summed E-state index contributed by atoms with van der Waals surface area (Å²) in [6.45, 7) is 0. The Balaban J connectivity index is 2.15. The molecule has 0 aliphatic rings. The molecule has 2 aromatic carbocycles. The lowest BCUT2D eigenvalue weighted by atomic mass is 10.0. The van der Waals surface area contributed by atoms with Crippen molar-refractivity contribution in [3.05, 3.63) is 42.0 Å². The van der Waals surface area contributed by atoms with Crippen molar-refractivity contribution in [1.29, 1.82) is 0 Å². The molecule has 0 spiro atoms. The quantitative estimate of drug-likeness (QED) is 0.829. The van der Waals surface area contributed by atoms with Crippen LogP contribution in [0.5, 0.6) is 5.75 Å². The third kappa shape index (κ3) is 3.51. The third-order valence-electron chi connectivity index (χ3n) is 2.83. The standard InChI is InChI=1S/C15H14O4S/c1-19-13-5-4-10-6-12(3-2-11(10)7-13)14(16)8-20-9-15(17)18/h2-7H,8-9H2,1H3,(H,17,18). The number of carboxylic acid groups (broad SMARTS) is 1. The molecule has 0 atom stereocenters. The van der Waals surface area contributed by atoms with Crippen molar-refractivity contribution < 1.29 is 19.4 Å². The molecule has 0 bridgehead atoms. The summed E-state index contributed by atoms with van der Waals surface area (Å²) in [7, 11) is 1.61. The predicted molar refractivity (Wildman–Crippen MR) is 79.8 cm³/mol. The zero-order chi connectivity index (χ0) is 14.5. The van der Waals surface area contributed by atoms with Crippen LogP contribution in [-0.4, -0.2) is 35.5 Å². The Morgan fingerprint density at radius 1 is 1.10 bits per heavy atom. The molecule has 0 aliphatic carbocycles. The molecule has 0 aliphatic heterocycles. The molecule has 0 radical (unpaired) electrons. The van der Waals surface area contributed by atoms with Crippen molar-refractivity contribution in [1.82, 2.24) is 0 Å². The number of benzene rings is 2. The van der Waals surface area contributed by atoms with Crippen LogP contribution in [0.15, 0.2) is 36.4 Å². The molecular weight excluding hydrogens is 276 g/mol. The largest absolute Gasteiger partial charge is 0.497 e. The third-order valence-corrected chi connectivity index (χ3v) is 3.75. The van der Waals surface area contributed by atoms with E-state index in [2.05, 4.69) is 0 Å². The van der Waals surface area contributed by atoms with Crippen LogP contribution in [-0.2, 0) is 4.79 Å². The van der Waals surface area contributed by atoms with Gasteiger partial charge >= 0.3 is 5.97 Å². The summed E-state index contributed by atoms with van der Waals surface area (Å²) in [5.74, 6) is -0.0826.